The summed E-state index contributed by atoms with van der Waals surface area (Å²) in [4.78, 5) is 0. The highest BCUT2D eigenvalue weighted by Gasteiger charge is 2.11. The largest absolute Gasteiger partial charge is 0.392 e. The topological polar surface area (TPSA) is 20.2 Å². The monoisotopic (exact) mass is 386 g/mol. The fraction of sp³-hybridized carbons (Fsp3) is 0.200. The number of aliphatic hydroxyl groups is 1. The molecule has 1 unspecified atom stereocenters. The lowest BCUT2D eigenvalue weighted by Crippen LogP contribution is -2.14. The Morgan fingerprint density at radius 2 is 1.58 bits per heavy atom. The molecule has 100 valence electrons. The van der Waals surface area contributed by atoms with E-state index in [0.717, 1.165) is 15.6 Å². The third-order valence-corrected chi connectivity index (χ3v) is 4.40. The fourth-order valence-corrected chi connectivity index (χ4v) is 2.89. The minimum Gasteiger partial charge on any atom is -0.392 e. The highest BCUT2D eigenvalue weighted by atomic mass is 79.9. The molecule has 2 aromatic rings. The second-order valence-corrected chi connectivity index (χ2v) is 6.10. The van der Waals surface area contributed by atoms with Crippen molar-refractivity contribution in [2.24, 2.45) is 0 Å². The van der Waals surface area contributed by atoms with Gasteiger partial charge in [-0.1, -0.05) is 56.1 Å². The van der Waals surface area contributed by atoms with Crippen LogP contribution < -0.4 is 0 Å². The van der Waals surface area contributed by atoms with Gasteiger partial charge in [-0.15, -0.1) is 0 Å². The third-order valence-electron chi connectivity index (χ3n) is 2.88. The number of rotatable bonds is 4. The Morgan fingerprint density at radius 3 is 2.21 bits per heavy atom. The summed E-state index contributed by atoms with van der Waals surface area (Å²) in [5.41, 5.74) is 1.97. The molecule has 1 N–H and O–H groups in total. The second-order valence-electron chi connectivity index (χ2n) is 4.39. The van der Waals surface area contributed by atoms with E-state index in [1.165, 1.54) is 12.1 Å². The summed E-state index contributed by atoms with van der Waals surface area (Å²) in [7, 11) is 0. The predicted octanol–water partition coefficient (Wildman–Crippen LogP) is 4.50. The van der Waals surface area contributed by atoms with Gasteiger partial charge in [-0.2, -0.15) is 0 Å². The molecule has 0 spiro atoms. The van der Waals surface area contributed by atoms with Crippen LogP contribution in [0.4, 0.5) is 4.39 Å². The van der Waals surface area contributed by atoms with Crippen molar-refractivity contribution in [1.29, 1.82) is 0 Å². The average Bonchev–Trinajstić information content (AvgIpc) is 2.36. The van der Waals surface area contributed by atoms with Crippen LogP contribution in [-0.4, -0.2) is 11.2 Å². The molecular formula is C15H13Br2FO. The van der Waals surface area contributed by atoms with Crippen LogP contribution in [0.2, 0.25) is 0 Å². The molecule has 2 aromatic carbocycles. The number of hydrogen-bond acceptors (Lipinski definition) is 1. The summed E-state index contributed by atoms with van der Waals surface area (Å²) in [6.45, 7) is 0. The van der Waals surface area contributed by atoms with Crippen LogP contribution in [0.3, 0.4) is 0 Å². The summed E-state index contributed by atoms with van der Waals surface area (Å²) < 4.78 is 14.7. The first kappa shape index (κ1) is 14.7. The highest BCUT2D eigenvalue weighted by Crippen LogP contribution is 2.22. The first-order chi connectivity index (χ1) is 9.06. The molecule has 2 rings (SSSR count). The zero-order chi connectivity index (χ0) is 13.8. The van der Waals surface area contributed by atoms with Crippen molar-refractivity contribution in [3.05, 3.63) is 68.4 Å². The molecule has 0 saturated heterocycles. The van der Waals surface area contributed by atoms with Gasteiger partial charge in [0.1, 0.15) is 5.82 Å². The van der Waals surface area contributed by atoms with E-state index in [-0.39, 0.29) is 5.82 Å². The van der Waals surface area contributed by atoms with E-state index in [1.807, 2.05) is 24.3 Å². The molecule has 1 nitrogen and oxygen atoms in total. The van der Waals surface area contributed by atoms with E-state index in [9.17, 15) is 9.50 Å². The van der Waals surface area contributed by atoms with Crippen molar-refractivity contribution in [3.63, 3.8) is 0 Å². The van der Waals surface area contributed by atoms with Gasteiger partial charge in [0.05, 0.1) is 6.10 Å². The minimum absolute atomic E-state index is 0.282. The first-order valence-corrected chi connectivity index (χ1v) is 7.50. The van der Waals surface area contributed by atoms with Crippen molar-refractivity contribution in [1.82, 2.24) is 0 Å². The van der Waals surface area contributed by atoms with Crippen LogP contribution in [0.5, 0.6) is 0 Å². The molecule has 0 aliphatic rings. The highest BCUT2D eigenvalue weighted by molar-refractivity contribution is 9.10. The first-order valence-electron chi connectivity index (χ1n) is 5.91. The Labute approximate surface area is 128 Å². The van der Waals surface area contributed by atoms with Crippen LogP contribution in [0.15, 0.2) is 51.4 Å². The van der Waals surface area contributed by atoms with Gasteiger partial charge in [-0.05, 0) is 42.2 Å². The van der Waals surface area contributed by atoms with Gasteiger partial charge in [0.2, 0.25) is 0 Å². The molecule has 0 saturated carbocycles. The van der Waals surface area contributed by atoms with Gasteiger partial charge in [0, 0.05) is 8.95 Å². The zero-order valence-electron chi connectivity index (χ0n) is 10.1. The van der Waals surface area contributed by atoms with Gasteiger partial charge in [-0.25, -0.2) is 4.39 Å². The summed E-state index contributed by atoms with van der Waals surface area (Å²) in [6, 6.07) is 12.3. The average molecular weight is 388 g/mol. The number of aliphatic hydroxyl groups excluding tert-OH is 1. The Hall–Kier alpha value is -0.710. The van der Waals surface area contributed by atoms with Gasteiger partial charge in [-0.3, -0.25) is 0 Å². The molecule has 0 heterocycles. The zero-order valence-corrected chi connectivity index (χ0v) is 13.3. The van der Waals surface area contributed by atoms with Crippen LogP contribution >= 0.6 is 31.9 Å². The predicted molar refractivity (Wildman–Crippen MR) is 81.7 cm³/mol. The molecule has 0 radical (unpaired) electrons. The van der Waals surface area contributed by atoms with Gasteiger partial charge in [0.15, 0.2) is 0 Å². The van der Waals surface area contributed by atoms with Crippen molar-refractivity contribution in [3.8, 4) is 0 Å². The van der Waals surface area contributed by atoms with Crippen LogP contribution in [0.1, 0.15) is 11.1 Å². The summed E-state index contributed by atoms with van der Waals surface area (Å²) in [5.74, 6) is -0.282. The van der Waals surface area contributed by atoms with E-state index in [4.69, 9.17) is 0 Å². The SMILES string of the molecule is OC(Cc1ccccc1Br)Cc1ccc(F)cc1Br. The molecule has 19 heavy (non-hydrogen) atoms. The maximum atomic E-state index is 13.0. The van der Waals surface area contributed by atoms with Crippen molar-refractivity contribution in [2.45, 2.75) is 18.9 Å². The lowest BCUT2D eigenvalue weighted by molar-refractivity contribution is 0.175. The third kappa shape index (κ3) is 4.13. The van der Waals surface area contributed by atoms with E-state index < -0.39 is 6.10 Å². The van der Waals surface area contributed by atoms with Crippen molar-refractivity contribution < 1.29 is 9.50 Å². The number of hydrogen-bond donors (Lipinski definition) is 1. The normalized spacial score (nSPS) is 12.4. The standard InChI is InChI=1S/C15H13Br2FO/c16-14-4-2-1-3-10(14)7-13(19)8-11-5-6-12(18)9-15(11)17/h1-6,9,13,19H,7-8H2. The Balaban J connectivity index is 2.05. The van der Waals surface area contributed by atoms with E-state index in [2.05, 4.69) is 31.9 Å². The lowest BCUT2D eigenvalue weighted by Gasteiger charge is -2.13. The van der Waals surface area contributed by atoms with E-state index in [1.54, 1.807) is 6.07 Å². The Bertz CT molecular complexity index is 572. The maximum Gasteiger partial charge on any atom is 0.124 e. The molecule has 4 heteroatoms. The Morgan fingerprint density at radius 1 is 0.947 bits per heavy atom. The second kappa shape index (κ2) is 6.64. The fourth-order valence-electron chi connectivity index (χ4n) is 1.93. The summed E-state index contributed by atoms with van der Waals surface area (Å²) >= 11 is 6.78. The van der Waals surface area contributed by atoms with Gasteiger partial charge in [0.25, 0.3) is 0 Å². The number of benzene rings is 2. The Kier molecular flexibility index (Phi) is 5.13. The summed E-state index contributed by atoms with van der Waals surface area (Å²) in [6.07, 6.45) is 0.549. The van der Waals surface area contributed by atoms with Crippen LogP contribution in [0, 0.1) is 5.82 Å². The van der Waals surface area contributed by atoms with Crippen molar-refractivity contribution >= 4 is 31.9 Å². The van der Waals surface area contributed by atoms with E-state index in [0.29, 0.717) is 17.3 Å². The van der Waals surface area contributed by atoms with Crippen LogP contribution in [-0.2, 0) is 12.8 Å². The molecule has 1 atom stereocenters. The maximum absolute atomic E-state index is 13.0. The molecule has 0 aliphatic carbocycles. The van der Waals surface area contributed by atoms with Crippen LogP contribution in [0.25, 0.3) is 0 Å². The molecule has 0 bridgehead atoms. The smallest absolute Gasteiger partial charge is 0.124 e. The molecule has 0 aliphatic heterocycles. The van der Waals surface area contributed by atoms with Crippen molar-refractivity contribution in [2.75, 3.05) is 0 Å². The van der Waals surface area contributed by atoms with Gasteiger partial charge >= 0.3 is 0 Å². The lowest BCUT2D eigenvalue weighted by atomic mass is 10.0. The number of halogens is 3. The summed E-state index contributed by atoms with van der Waals surface area (Å²) in [5, 5.41) is 10.1. The molecule has 0 amide bonds. The minimum atomic E-state index is -0.500. The molecule has 0 fully saturated rings. The molecular weight excluding hydrogens is 375 g/mol. The molecule has 0 aromatic heterocycles. The van der Waals surface area contributed by atoms with E-state index >= 15 is 0 Å². The van der Waals surface area contributed by atoms with Gasteiger partial charge < -0.3 is 5.11 Å². The quantitative estimate of drug-likeness (QED) is 0.818.